The molecule has 84 valence electrons. The van der Waals surface area contributed by atoms with Crippen LogP contribution in [-0.4, -0.2) is 13.4 Å². The second-order valence-electron chi connectivity index (χ2n) is 2.91. The normalized spacial score (nSPS) is 12.1. The first kappa shape index (κ1) is 11.8. The molecule has 15 heavy (non-hydrogen) atoms. The quantitative estimate of drug-likeness (QED) is 0.774. The van der Waals surface area contributed by atoms with Gasteiger partial charge in [-0.25, -0.2) is 22.3 Å². The Bertz CT molecular complexity index is 536. The molecule has 3 N–H and O–H groups in total. The van der Waals surface area contributed by atoms with Gasteiger partial charge in [0.15, 0.2) is 0 Å². The Kier molecular flexibility index (Phi) is 2.91. The highest BCUT2D eigenvalue weighted by atomic mass is 32.2. The molecule has 0 saturated carbocycles. The SMILES string of the molecule is Cc1cc(C(F)F)[nH]c(=O)c1S(N)(=O)=O. The van der Waals surface area contributed by atoms with E-state index in [9.17, 15) is 22.0 Å². The minimum atomic E-state index is -4.20. The molecule has 0 amide bonds. The standard InChI is InChI=1S/C7H8F2N2O3S/c1-3-2-4(6(8)9)11-7(12)5(3)15(10,13)14/h2,6H,1H3,(H,11,12)(H2,10,13,14). The van der Waals surface area contributed by atoms with Crippen LogP contribution in [0.2, 0.25) is 0 Å². The Balaban J connectivity index is 3.56. The third-order valence-corrected chi connectivity index (χ3v) is 2.79. The molecule has 0 atom stereocenters. The van der Waals surface area contributed by atoms with Gasteiger partial charge in [0.05, 0.1) is 5.69 Å². The van der Waals surface area contributed by atoms with E-state index in [0.29, 0.717) is 0 Å². The largest absolute Gasteiger partial charge is 0.320 e. The van der Waals surface area contributed by atoms with Gasteiger partial charge in [0.1, 0.15) is 4.90 Å². The average Bonchev–Trinajstić information content (AvgIpc) is 1.99. The van der Waals surface area contributed by atoms with Crippen molar-refractivity contribution in [3.05, 3.63) is 27.7 Å². The van der Waals surface area contributed by atoms with E-state index < -0.39 is 32.6 Å². The molecule has 5 nitrogen and oxygen atoms in total. The van der Waals surface area contributed by atoms with Crippen molar-refractivity contribution in [1.29, 1.82) is 0 Å². The van der Waals surface area contributed by atoms with E-state index in [2.05, 4.69) is 0 Å². The number of hydrogen-bond donors (Lipinski definition) is 2. The summed E-state index contributed by atoms with van der Waals surface area (Å²) in [6.07, 6.45) is -2.87. The lowest BCUT2D eigenvalue weighted by atomic mass is 10.2. The van der Waals surface area contributed by atoms with Gasteiger partial charge in [0.25, 0.3) is 12.0 Å². The number of rotatable bonds is 2. The monoisotopic (exact) mass is 238 g/mol. The van der Waals surface area contributed by atoms with Gasteiger partial charge < -0.3 is 4.98 Å². The molecule has 0 aliphatic heterocycles. The summed E-state index contributed by atoms with van der Waals surface area (Å²) in [4.78, 5) is 12.2. The maximum atomic E-state index is 12.2. The predicted molar refractivity (Wildman–Crippen MR) is 48.1 cm³/mol. The van der Waals surface area contributed by atoms with Crippen LogP contribution < -0.4 is 10.7 Å². The molecular formula is C7H8F2N2O3S. The van der Waals surface area contributed by atoms with E-state index in [1.807, 2.05) is 0 Å². The van der Waals surface area contributed by atoms with Crippen molar-refractivity contribution in [2.24, 2.45) is 5.14 Å². The summed E-state index contributed by atoms with van der Waals surface area (Å²) >= 11 is 0. The number of nitrogens with two attached hydrogens (primary N) is 1. The molecule has 1 rings (SSSR count). The fraction of sp³-hybridized carbons (Fsp3) is 0.286. The van der Waals surface area contributed by atoms with Crippen molar-refractivity contribution < 1.29 is 17.2 Å². The van der Waals surface area contributed by atoms with E-state index in [0.717, 1.165) is 6.07 Å². The summed E-state index contributed by atoms with van der Waals surface area (Å²) < 4.78 is 46.3. The van der Waals surface area contributed by atoms with Crippen LogP contribution >= 0.6 is 0 Å². The van der Waals surface area contributed by atoms with Crippen LogP contribution in [0.5, 0.6) is 0 Å². The van der Waals surface area contributed by atoms with Gasteiger partial charge in [-0.1, -0.05) is 0 Å². The molecular weight excluding hydrogens is 230 g/mol. The molecule has 0 radical (unpaired) electrons. The molecule has 0 spiro atoms. The van der Waals surface area contributed by atoms with Crippen molar-refractivity contribution >= 4 is 10.0 Å². The van der Waals surface area contributed by atoms with E-state index in [4.69, 9.17) is 5.14 Å². The van der Waals surface area contributed by atoms with E-state index in [1.54, 1.807) is 4.98 Å². The van der Waals surface area contributed by atoms with Crippen LogP contribution in [0.1, 0.15) is 17.7 Å². The highest BCUT2D eigenvalue weighted by Crippen LogP contribution is 2.17. The predicted octanol–water partition coefficient (Wildman–Crippen LogP) is 0.268. The molecule has 0 aromatic carbocycles. The van der Waals surface area contributed by atoms with Crippen LogP contribution in [0.4, 0.5) is 8.78 Å². The van der Waals surface area contributed by atoms with Gasteiger partial charge in [-0.05, 0) is 18.6 Å². The summed E-state index contributed by atoms with van der Waals surface area (Å²) in [6, 6.07) is 0.881. The zero-order valence-electron chi connectivity index (χ0n) is 7.62. The Labute approximate surface area is 84.0 Å². The number of halogens is 2. The fourth-order valence-electron chi connectivity index (χ4n) is 1.17. The minimum Gasteiger partial charge on any atom is -0.320 e. The van der Waals surface area contributed by atoms with Crippen LogP contribution in [-0.2, 0) is 10.0 Å². The third-order valence-electron chi connectivity index (χ3n) is 1.71. The number of aromatic nitrogens is 1. The van der Waals surface area contributed by atoms with Crippen LogP contribution in [0, 0.1) is 6.92 Å². The lowest BCUT2D eigenvalue weighted by Crippen LogP contribution is -2.25. The topological polar surface area (TPSA) is 93.0 Å². The number of alkyl halides is 2. The van der Waals surface area contributed by atoms with Gasteiger partial charge in [-0.15, -0.1) is 0 Å². The van der Waals surface area contributed by atoms with Crippen LogP contribution in [0.3, 0.4) is 0 Å². The summed E-state index contributed by atoms with van der Waals surface area (Å²) in [5.41, 5.74) is -1.87. The second-order valence-corrected chi connectivity index (χ2v) is 4.41. The number of nitrogens with one attached hydrogen (secondary N) is 1. The smallest absolute Gasteiger partial charge is 0.278 e. The van der Waals surface area contributed by atoms with Crippen molar-refractivity contribution in [3.8, 4) is 0 Å². The van der Waals surface area contributed by atoms with Gasteiger partial charge >= 0.3 is 0 Å². The zero-order chi connectivity index (χ0) is 11.8. The maximum Gasteiger partial charge on any atom is 0.278 e. The second kappa shape index (κ2) is 3.70. The first-order valence-electron chi connectivity index (χ1n) is 3.78. The van der Waals surface area contributed by atoms with Crippen molar-refractivity contribution in [2.45, 2.75) is 18.2 Å². The number of pyridine rings is 1. The van der Waals surface area contributed by atoms with Crippen molar-refractivity contribution in [2.75, 3.05) is 0 Å². The van der Waals surface area contributed by atoms with Crippen LogP contribution in [0.25, 0.3) is 0 Å². The lowest BCUT2D eigenvalue weighted by Gasteiger charge is -2.05. The Morgan fingerprint density at radius 2 is 2.00 bits per heavy atom. The number of aromatic amines is 1. The number of H-pyrrole nitrogens is 1. The molecule has 1 aromatic heterocycles. The molecule has 1 aromatic rings. The minimum absolute atomic E-state index is 0.100. The van der Waals surface area contributed by atoms with Gasteiger partial charge in [0, 0.05) is 0 Å². The fourth-order valence-corrected chi connectivity index (χ4v) is 1.99. The molecule has 0 aliphatic rings. The number of sulfonamides is 1. The Hall–Kier alpha value is -1.28. The number of primary sulfonamides is 1. The van der Waals surface area contributed by atoms with E-state index in [-0.39, 0.29) is 5.56 Å². The van der Waals surface area contributed by atoms with Crippen LogP contribution in [0.15, 0.2) is 15.8 Å². The zero-order valence-corrected chi connectivity index (χ0v) is 8.44. The molecule has 0 unspecified atom stereocenters. The molecule has 1 heterocycles. The third kappa shape index (κ3) is 2.39. The molecule has 0 fully saturated rings. The Morgan fingerprint density at radius 3 is 2.33 bits per heavy atom. The summed E-state index contributed by atoms with van der Waals surface area (Å²) in [6.45, 7) is 1.22. The summed E-state index contributed by atoms with van der Waals surface area (Å²) in [7, 11) is -4.20. The van der Waals surface area contributed by atoms with Gasteiger partial charge in [-0.3, -0.25) is 4.79 Å². The summed E-state index contributed by atoms with van der Waals surface area (Å²) in [5, 5.41) is 4.75. The first-order valence-corrected chi connectivity index (χ1v) is 5.33. The van der Waals surface area contributed by atoms with Crippen molar-refractivity contribution in [3.63, 3.8) is 0 Å². The van der Waals surface area contributed by atoms with Crippen molar-refractivity contribution in [1.82, 2.24) is 4.98 Å². The van der Waals surface area contributed by atoms with Gasteiger partial charge in [-0.2, -0.15) is 0 Å². The van der Waals surface area contributed by atoms with E-state index >= 15 is 0 Å². The molecule has 0 aliphatic carbocycles. The number of aryl methyl sites for hydroxylation is 1. The first-order chi connectivity index (χ1) is 6.73. The van der Waals surface area contributed by atoms with Gasteiger partial charge in [0.2, 0.25) is 10.0 Å². The molecule has 0 saturated heterocycles. The highest BCUT2D eigenvalue weighted by Gasteiger charge is 2.19. The number of hydrogen-bond acceptors (Lipinski definition) is 3. The maximum absolute atomic E-state index is 12.2. The Morgan fingerprint density at radius 1 is 1.47 bits per heavy atom. The summed E-state index contributed by atoms with van der Waals surface area (Å²) in [5.74, 6) is 0. The molecule has 0 bridgehead atoms. The average molecular weight is 238 g/mol. The van der Waals surface area contributed by atoms with E-state index in [1.165, 1.54) is 6.92 Å². The highest BCUT2D eigenvalue weighted by molar-refractivity contribution is 7.89. The molecule has 8 heteroatoms. The lowest BCUT2D eigenvalue weighted by molar-refractivity contribution is 0.145.